The second-order valence-corrected chi connectivity index (χ2v) is 8.30. The van der Waals surface area contributed by atoms with Crippen molar-refractivity contribution in [2.75, 3.05) is 12.5 Å². The summed E-state index contributed by atoms with van der Waals surface area (Å²) in [6.45, 7) is 0.0692. The minimum Gasteiger partial charge on any atom is -0.456 e. The SMILES string of the molecule is O=C(OC1C[C@H](CCCCl)O[C@@H]1COC(O)c1ccc(Cl)cc1)c1ccc(Cl)cc1. The third kappa shape index (κ3) is 6.58. The zero-order valence-corrected chi connectivity index (χ0v) is 18.4. The number of rotatable bonds is 9. The van der Waals surface area contributed by atoms with Gasteiger partial charge in [0, 0.05) is 27.9 Å². The van der Waals surface area contributed by atoms with Crippen LogP contribution >= 0.6 is 34.8 Å². The topological polar surface area (TPSA) is 65.0 Å². The third-order valence-electron chi connectivity index (χ3n) is 4.85. The number of carbonyl (C=O) groups excluding carboxylic acids is 1. The molecule has 162 valence electrons. The van der Waals surface area contributed by atoms with E-state index in [-0.39, 0.29) is 12.7 Å². The summed E-state index contributed by atoms with van der Waals surface area (Å²) in [5.41, 5.74) is 0.982. The molecule has 0 spiro atoms. The Morgan fingerprint density at radius 2 is 1.73 bits per heavy atom. The van der Waals surface area contributed by atoms with Crippen molar-refractivity contribution in [1.82, 2.24) is 0 Å². The molecular formula is C22H23Cl3O5. The standard InChI is InChI=1S/C22H23Cl3O5/c23-11-1-2-18-12-19(30-22(27)15-5-9-17(25)10-6-15)20(29-18)13-28-21(26)14-3-7-16(24)8-4-14/h3-10,18-21,26H,1-2,11-13H2/t18-,19?,20+,21?/m0/s1. The van der Waals surface area contributed by atoms with Crippen LogP contribution in [0.2, 0.25) is 10.0 Å². The van der Waals surface area contributed by atoms with Crippen molar-refractivity contribution in [3.8, 4) is 0 Å². The van der Waals surface area contributed by atoms with Gasteiger partial charge < -0.3 is 19.3 Å². The molecule has 0 radical (unpaired) electrons. The van der Waals surface area contributed by atoms with Gasteiger partial charge in [0.1, 0.15) is 12.2 Å². The van der Waals surface area contributed by atoms with Crippen LogP contribution in [0, 0.1) is 0 Å². The highest BCUT2D eigenvalue weighted by atomic mass is 35.5. The second kappa shape index (κ2) is 11.3. The fourth-order valence-corrected chi connectivity index (χ4v) is 3.67. The molecule has 1 aliphatic heterocycles. The van der Waals surface area contributed by atoms with E-state index in [1.165, 1.54) is 0 Å². The Bertz CT molecular complexity index is 813. The highest BCUT2D eigenvalue weighted by molar-refractivity contribution is 6.30. The minimum absolute atomic E-state index is 0.0692. The lowest BCUT2D eigenvalue weighted by molar-refractivity contribution is -0.142. The maximum atomic E-state index is 12.5. The van der Waals surface area contributed by atoms with Crippen molar-refractivity contribution >= 4 is 40.8 Å². The van der Waals surface area contributed by atoms with Crippen LogP contribution in [0.5, 0.6) is 0 Å². The minimum atomic E-state index is -1.14. The maximum absolute atomic E-state index is 12.5. The predicted molar refractivity (Wildman–Crippen MR) is 116 cm³/mol. The number of hydrogen-bond donors (Lipinski definition) is 1. The summed E-state index contributed by atoms with van der Waals surface area (Å²) in [6.07, 6.45) is -0.121. The van der Waals surface area contributed by atoms with Crippen LogP contribution in [0.1, 0.15) is 41.5 Å². The van der Waals surface area contributed by atoms with E-state index < -0.39 is 24.5 Å². The Balaban J connectivity index is 1.62. The van der Waals surface area contributed by atoms with Crippen LogP contribution in [0.3, 0.4) is 0 Å². The molecular weight excluding hydrogens is 451 g/mol. The van der Waals surface area contributed by atoms with Gasteiger partial charge in [-0.15, -0.1) is 11.6 Å². The van der Waals surface area contributed by atoms with Crippen LogP contribution in [-0.4, -0.2) is 41.9 Å². The lowest BCUT2D eigenvalue weighted by Gasteiger charge is -2.21. The largest absolute Gasteiger partial charge is 0.456 e. The average molecular weight is 474 g/mol. The Kier molecular flexibility index (Phi) is 8.81. The average Bonchev–Trinajstić information content (AvgIpc) is 3.12. The number of aliphatic hydroxyl groups excluding tert-OH is 1. The van der Waals surface area contributed by atoms with E-state index in [1.807, 2.05) is 0 Å². The second-order valence-electron chi connectivity index (χ2n) is 7.05. The number of esters is 1. The molecule has 0 bridgehead atoms. The van der Waals surface area contributed by atoms with Gasteiger partial charge in [0.2, 0.25) is 0 Å². The lowest BCUT2D eigenvalue weighted by Crippen LogP contribution is -2.31. The molecule has 8 heteroatoms. The molecule has 5 nitrogen and oxygen atoms in total. The van der Waals surface area contributed by atoms with Crippen LogP contribution < -0.4 is 0 Å². The van der Waals surface area contributed by atoms with Crippen LogP contribution in [0.25, 0.3) is 0 Å². The maximum Gasteiger partial charge on any atom is 0.338 e. The molecule has 1 heterocycles. The molecule has 1 saturated heterocycles. The van der Waals surface area contributed by atoms with Crippen molar-refractivity contribution in [3.63, 3.8) is 0 Å². The van der Waals surface area contributed by atoms with Gasteiger partial charge in [-0.2, -0.15) is 0 Å². The van der Waals surface area contributed by atoms with E-state index in [0.717, 1.165) is 12.8 Å². The Labute approximate surface area is 190 Å². The summed E-state index contributed by atoms with van der Waals surface area (Å²) < 4.78 is 17.3. The van der Waals surface area contributed by atoms with Crippen molar-refractivity contribution < 1.29 is 24.1 Å². The monoisotopic (exact) mass is 472 g/mol. The highest BCUT2D eigenvalue weighted by Gasteiger charge is 2.38. The van der Waals surface area contributed by atoms with E-state index in [1.54, 1.807) is 48.5 Å². The molecule has 2 aromatic carbocycles. The van der Waals surface area contributed by atoms with Crippen LogP contribution in [0.4, 0.5) is 0 Å². The number of aliphatic hydroxyl groups is 1. The van der Waals surface area contributed by atoms with Crippen LogP contribution in [-0.2, 0) is 14.2 Å². The van der Waals surface area contributed by atoms with E-state index in [2.05, 4.69) is 0 Å². The summed E-state index contributed by atoms with van der Waals surface area (Å²) in [4.78, 5) is 12.5. The molecule has 1 aliphatic rings. The van der Waals surface area contributed by atoms with Gasteiger partial charge in [-0.1, -0.05) is 35.3 Å². The molecule has 0 aliphatic carbocycles. The quantitative estimate of drug-likeness (QED) is 0.300. The number of ether oxygens (including phenoxy) is 3. The molecule has 0 aromatic heterocycles. The molecule has 2 unspecified atom stereocenters. The van der Waals surface area contributed by atoms with Gasteiger partial charge in [0.25, 0.3) is 0 Å². The molecule has 0 saturated carbocycles. The summed E-state index contributed by atoms with van der Waals surface area (Å²) in [7, 11) is 0. The smallest absolute Gasteiger partial charge is 0.338 e. The molecule has 0 amide bonds. The first kappa shape index (κ1) is 23.3. The van der Waals surface area contributed by atoms with Gasteiger partial charge in [-0.05, 0) is 49.2 Å². The predicted octanol–water partition coefficient (Wildman–Crippen LogP) is 5.40. The number of alkyl halides is 1. The highest BCUT2D eigenvalue weighted by Crippen LogP contribution is 2.29. The van der Waals surface area contributed by atoms with E-state index >= 15 is 0 Å². The van der Waals surface area contributed by atoms with Gasteiger partial charge in [-0.3, -0.25) is 0 Å². The fourth-order valence-electron chi connectivity index (χ4n) is 3.26. The van der Waals surface area contributed by atoms with Crippen molar-refractivity contribution in [3.05, 3.63) is 69.7 Å². The van der Waals surface area contributed by atoms with Gasteiger partial charge >= 0.3 is 5.97 Å². The first-order chi connectivity index (χ1) is 14.5. The summed E-state index contributed by atoms with van der Waals surface area (Å²) in [5, 5.41) is 11.4. The molecule has 30 heavy (non-hydrogen) atoms. The number of hydrogen-bond acceptors (Lipinski definition) is 5. The molecule has 1 N–H and O–H groups in total. The van der Waals surface area contributed by atoms with Gasteiger partial charge in [0.05, 0.1) is 18.3 Å². The third-order valence-corrected chi connectivity index (χ3v) is 5.62. The normalized spacial score (nSPS) is 22.1. The zero-order chi connectivity index (χ0) is 21.5. The summed E-state index contributed by atoms with van der Waals surface area (Å²) in [6, 6.07) is 13.2. The van der Waals surface area contributed by atoms with E-state index in [4.69, 9.17) is 49.0 Å². The first-order valence-electron chi connectivity index (χ1n) is 9.69. The molecule has 4 atom stereocenters. The number of halogens is 3. The van der Waals surface area contributed by atoms with E-state index in [0.29, 0.717) is 33.5 Å². The lowest BCUT2D eigenvalue weighted by atomic mass is 10.1. The Morgan fingerprint density at radius 3 is 2.37 bits per heavy atom. The zero-order valence-electron chi connectivity index (χ0n) is 16.2. The molecule has 2 aromatic rings. The number of benzene rings is 2. The van der Waals surface area contributed by atoms with Crippen molar-refractivity contribution in [2.45, 2.75) is 43.9 Å². The Morgan fingerprint density at radius 1 is 1.10 bits per heavy atom. The van der Waals surface area contributed by atoms with Crippen molar-refractivity contribution in [1.29, 1.82) is 0 Å². The van der Waals surface area contributed by atoms with Crippen molar-refractivity contribution in [2.24, 2.45) is 0 Å². The fraction of sp³-hybridized carbons (Fsp3) is 0.409. The summed E-state index contributed by atoms with van der Waals surface area (Å²) >= 11 is 17.5. The van der Waals surface area contributed by atoms with Crippen LogP contribution in [0.15, 0.2) is 48.5 Å². The van der Waals surface area contributed by atoms with Gasteiger partial charge in [-0.25, -0.2) is 4.79 Å². The first-order valence-corrected chi connectivity index (χ1v) is 11.0. The van der Waals surface area contributed by atoms with Gasteiger partial charge in [0.15, 0.2) is 6.29 Å². The number of carbonyl (C=O) groups is 1. The summed E-state index contributed by atoms with van der Waals surface area (Å²) in [5.74, 6) is 0.0763. The van der Waals surface area contributed by atoms with E-state index in [9.17, 15) is 9.90 Å². The molecule has 3 rings (SSSR count). The molecule has 1 fully saturated rings. The Hall–Kier alpha value is -1.34.